The molecule has 4 rings (SSSR count). The van der Waals surface area contributed by atoms with Gasteiger partial charge in [0.1, 0.15) is 18.1 Å². The number of aryl methyl sites for hydroxylation is 1. The first kappa shape index (κ1) is 24.2. The summed E-state index contributed by atoms with van der Waals surface area (Å²) in [5.74, 6) is -0.806. The van der Waals surface area contributed by atoms with E-state index in [0.717, 1.165) is 11.1 Å². The van der Waals surface area contributed by atoms with Crippen molar-refractivity contribution in [2.45, 2.75) is 19.6 Å². The van der Waals surface area contributed by atoms with Gasteiger partial charge in [0.15, 0.2) is 0 Å². The topological polar surface area (TPSA) is 70.1 Å². The van der Waals surface area contributed by atoms with Crippen molar-refractivity contribution in [2.75, 3.05) is 27.2 Å². The summed E-state index contributed by atoms with van der Waals surface area (Å²) in [5.41, 5.74) is 3.58. The Morgan fingerprint density at radius 3 is 2.34 bits per heavy atom. The minimum absolute atomic E-state index is 0.105. The zero-order valence-electron chi connectivity index (χ0n) is 20.3. The van der Waals surface area contributed by atoms with Gasteiger partial charge in [0, 0.05) is 18.7 Å². The summed E-state index contributed by atoms with van der Waals surface area (Å²) in [6, 6.07) is 23.7. The largest absolute Gasteiger partial charge is 0.507 e. The van der Waals surface area contributed by atoms with Crippen LogP contribution < -0.4 is 4.74 Å². The molecule has 0 bridgehead atoms. The van der Waals surface area contributed by atoms with Gasteiger partial charge in [-0.25, -0.2) is 0 Å². The van der Waals surface area contributed by atoms with Crippen molar-refractivity contribution in [3.8, 4) is 5.75 Å². The fourth-order valence-corrected chi connectivity index (χ4v) is 4.23. The zero-order chi connectivity index (χ0) is 24.9. The molecule has 1 aliphatic rings. The van der Waals surface area contributed by atoms with Crippen molar-refractivity contribution in [1.82, 2.24) is 9.80 Å². The van der Waals surface area contributed by atoms with Gasteiger partial charge in [0.2, 0.25) is 0 Å². The third kappa shape index (κ3) is 5.44. The molecule has 1 N–H and O–H groups in total. The van der Waals surface area contributed by atoms with E-state index in [2.05, 4.69) is 6.07 Å². The molecule has 0 aliphatic carbocycles. The first-order valence-electron chi connectivity index (χ1n) is 11.6. The first-order chi connectivity index (χ1) is 16.8. The van der Waals surface area contributed by atoms with E-state index in [1.54, 1.807) is 29.2 Å². The summed E-state index contributed by atoms with van der Waals surface area (Å²) in [7, 11) is 3.83. The molecule has 1 aliphatic heterocycles. The maximum absolute atomic E-state index is 13.1. The number of carbonyl (C=O) groups excluding carboxylic acids is 2. The van der Waals surface area contributed by atoms with Crippen LogP contribution in [0.25, 0.3) is 5.76 Å². The minimum Gasteiger partial charge on any atom is -0.507 e. The van der Waals surface area contributed by atoms with Crippen molar-refractivity contribution in [2.24, 2.45) is 0 Å². The standard InChI is InChI=1S/C29H30N2O4/c1-20-8-7-9-21(18-20)19-35-24-14-12-23(13-15-24)27(32)25-26(22-10-5-4-6-11-22)31(17-16-30(2)3)29(34)28(25)33/h4-15,18,26,32H,16-17,19H2,1-3H3/b27-25-. The second kappa shape index (κ2) is 10.6. The summed E-state index contributed by atoms with van der Waals surface area (Å²) in [6.45, 7) is 3.44. The highest BCUT2D eigenvalue weighted by Crippen LogP contribution is 2.39. The number of aliphatic hydroxyl groups excluding tert-OH is 1. The SMILES string of the molecule is Cc1cccc(COc2ccc(/C(O)=C3/C(=O)C(=O)N(CCN(C)C)C3c3ccccc3)cc2)c1. The van der Waals surface area contributed by atoms with E-state index >= 15 is 0 Å². The minimum atomic E-state index is -0.671. The lowest BCUT2D eigenvalue weighted by Gasteiger charge is -2.26. The molecular weight excluding hydrogens is 440 g/mol. The average Bonchev–Trinajstić information content (AvgIpc) is 3.11. The number of benzene rings is 3. The number of amides is 1. The molecule has 1 amide bonds. The summed E-state index contributed by atoms with van der Waals surface area (Å²) in [4.78, 5) is 29.5. The Hall–Kier alpha value is -3.90. The van der Waals surface area contributed by atoms with E-state index in [-0.39, 0.29) is 11.3 Å². The second-order valence-corrected chi connectivity index (χ2v) is 9.01. The van der Waals surface area contributed by atoms with E-state index in [1.165, 1.54) is 5.56 Å². The Balaban J connectivity index is 1.62. The van der Waals surface area contributed by atoms with Gasteiger partial charge in [-0.15, -0.1) is 0 Å². The molecule has 0 aromatic heterocycles. The molecule has 0 radical (unpaired) electrons. The van der Waals surface area contributed by atoms with E-state index in [9.17, 15) is 14.7 Å². The molecule has 1 heterocycles. The Kier molecular flexibility index (Phi) is 7.32. The van der Waals surface area contributed by atoms with Crippen LogP contribution in [0.2, 0.25) is 0 Å². The maximum atomic E-state index is 13.1. The van der Waals surface area contributed by atoms with Crippen LogP contribution in [-0.4, -0.2) is 53.8 Å². The number of hydrogen-bond donors (Lipinski definition) is 1. The third-order valence-electron chi connectivity index (χ3n) is 6.06. The van der Waals surface area contributed by atoms with E-state index < -0.39 is 17.7 Å². The van der Waals surface area contributed by atoms with Crippen LogP contribution in [0.4, 0.5) is 0 Å². The number of hydrogen-bond acceptors (Lipinski definition) is 5. The number of carbonyl (C=O) groups is 2. The van der Waals surface area contributed by atoms with Crippen LogP contribution in [0.3, 0.4) is 0 Å². The van der Waals surface area contributed by atoms with Gasteiger partial charge in [-0.2, -0.15) is 0 Å². The molecule has 1 saturated heterocycles. The molecular formula is C29H30N2O4. The number of nitrogens with zero attached hydrogens (tertiary/aromatic N) is 2. The van der Waals surface area contributed by atoms with Crippen molar-refractivity contribution >= 4 is 17.4 Å². The Morgan fingerprint density at radius 1 is 0.971 bits per heavy atom. The highest BCUT2D eigenvalue weighted by Gasteiger charge is 2.45. The third-order valence-corrected chi connectivity index (χ3v) is 6.06. The van der Waals surface area contributed by atoms with Gasteiger partial charge in [-0.1, -0.05) is 60.2 Å². The van der Waals surface area contributed by atoms with Crippen LogP contribution in [-0.2, 0) is 16.2 Å². The fourth-order valence-electron chi connectivity index (χ4n) is 4.23. The lowest BCUT2D eigenvalue weighted by molar-refractivity contribution is -0.140. The molecule has 0 spiro atoms. The average molecular weight is 471 g/mol. The molecule has 1 unspecified atom stereocenters. The highest BCUT2D eigenvalue weighted by atomic mass is 16.5. The summed E-state index contributed by atoms with van der Waals surface area (Å²) in [6.07, 6.45) is 0. The molecule has 6 heteroatoms. The summed E-state index contributed by atoms with van der Waals surface area (Å²) < 4.78 is 5.88. The normalized spacial score (nSPS) is 17.3. The van der Waals surface area contributed by atoms with Crippen molar-refractivity contribution in [3.63, 3.8) is 0 Å². The van der Waals surface area contributed by atoms with Gasteiger partial charge in [0.25, 0.3) is 11.7 Å². The van der Waals surface area contributed by atoms with E-state index in [4.69, 9.17) is 4.74 Å². The van der Waals surface area contributed by atoms with Crippen molar-refractivity contribution < 1.29 is 19.4 Å². The second-order valence-electron chi connectivity index (χ2n) is 9.01. The predicted octanol–water partition coefficient (Wildman–Crippen LogP) is 4.56. The van der Waals surface area contributed by atoms with Gasteiger partial charge in [-0.3, -0.25) is 9.59 Å². The van der Waals surface area contributed by atoms with E-state index in [1.807, 2.05) is 74.4 Å². The quantitative estimate of drug-likeness (QED) is 0.297. The number of likely N-dealkylation sites (N-methyl/N-ethyl adjacent to an activating group) is 1. The van der Waals surface area contributed by atoms with Crippen LogP contribution in [0.15, 0.2) is 84.4 Å². The molecule has 35 heavy (non-hydrogen) atoms. The van der Waals surface area contributed by atoms with Crippen LogP contribution in [0.5, 0.6) is 5.75 Å². The molecule has 1 atom stereocenters. The Morgan fingerprint density at radius 2 is 1.69 bits per heavy atom. The van der Waals surface area contributed by atoms with Crippen molar-refractivity contribution in [3.05, 3.63) is 107 Å². The highest BCUT2D eigenvalue weighted by molar-refractivity contribution is 6.46. The molecule has 0 saturated carbocycles. The Bertz CT molecular complexity index is 1230. The molecule has 3 aromatic rings. The Labute approximate surface area is 206 Å². The number of aliphatic hydroxyl groups is 1. The smallest absolute Gasteiger partial charge is 0.295 e. The number of rotatable bonds is 8. The fraction of sp³-hybridized carbons (Fsp3) is 0.241. The monoisotopic (exact) mass is 470 g/mol. The number of ether oxygens (including phenoxy) is 1. The molecule has 1 fully saturated rings. The zero-order valence-corrected chi connectivity index (χ0v) is 20.3. The first-order valence-corrected chi connectivity index (χ1v) is 11.6. The van der Waals surface area contributed by atoms with E-state index in [0.29, 0.717) is 31.0 Å². The van der Waals surface area contributed by atoms with Crippen LogP contribution >= 0.6 is 0 Å². The van der Waals surface area contributed by atoms with Gasteiger partial charge >= 0.3 is 0 Å². The van der Waals surface area contributed by atoms with Gasteiger partial charge < -0.3 is 19.6 Å². The summed E-state index contributed by atoms with van der Waals surface area (Å²) >= 11 is 0. The van der Waals surface area contributed by atoms with Gasteiger partial charge in [-0.05, 0) is 56.4 Å². The molecule has 6 nitrogen and oxygen atoms in total. The van der Waals surface area contributed by atoms with Crippen LogP contribution in [0.1, 0.15) is 28.3 Å². The van der Waals surface area contributed by atoms with Crippen LogP contribution in [0, 0.1) is 6.92 Å². The number of Topliss-reactive ketones (excluding diaryl/α,β-unsaturated/α-hetero) is 1. The van der Waals surface area contributed by atoms with Gasteiger partial charge in [0.05, 0.1) is 11.6 Å². The lowest BCUT2D eigenvalue weighted by atomic mass is 9.95. The predicted molar refractivity (Wildman–Crippen MR) is 136 cm³/mol. The number of ketones is 1. The molecule has 3 aromatic carbocycles. The summed E-state index contributed by atoms with van der Waals surface area (Å²) in [5, 5.41) is 11.2. The maximum Gasteiger partial charge on any atom is 0.295 e. The number of likely N-dealkylation sites (tertiary alicyclic amines) is 1. The molecule has 180 valence electrons. The lowest BCUT2D eigenvalue weighted by Crippen LogP contribution is -2.35. The van der Waals surface area contributed by atoms with Crippen molar-refractivity contribution in [1.29, 1.82) is 0 Å².